The van der Waals surface area contributed by atoms with Crippen molar-refractivity contribution in [1.82, 2.24) is 0 Å². The maximum absolute atomic E-state index is 12.2. The highest BCUT2D eigenvalue weighted by molar-refractivity contribution is 6.00. The maximum atomic E-state index is 12.2. The highest BCUT2D eigenvalue weighted by Crippen LogP contribution is 2.27. The van der Waals surface area contributed by atoms with Gasteiger partial charge in [0.15, 0.2) is 0 Å². The minimum absolute atomic E-state index is 0.0196. The molecule has 1 fully saturated rings. The fourth-order valence-corrected chi connectivity index (χ4v) is 2.82. The summed E-state index contributed by atoms with van der Waals surface area (Å²) in [6, 6.07) is 8.85. The molecule has 2 N–H and O–H groups in total. The first-order chi connectivity index (χ1) is 10.7. The Balaban J connectivity index is 1.95. The monoisotopic (exact) mass is 299 g/mol. The molecule has 5 heteroatoms. The lowest BCUT2D eigenvalue weighted by atomic mass is 9.87. The van der Waals surface area contributed by atoms with E-state index in [0.29, 0.717) is 23.7 Å². The van der Waals surface area contributed by atoms with Gasteiger partial charge in [-0.2, -0.15) is 5.26 Å². The first-order valence-corrected chi connectivity index (χ1v) is 7.74. The number of anilines is 2. The number of hydrogen-bond donors (Lipinski definition) is 2. The van der Waals surface area contributed by atoms with Gasteiger partial charge in [0, 0.05) is 6.42 Å². The van der Waals surface area contributed by atoms with E-state index in [1.165, 1.54) is 19.3 Å². The first-order valence-electron chi connectivity index (χ1n) is 7.74. The Kier molecular flexibility index (Phi) is 5.96. The van der Waals surface area contributed by atoms with E-state index in [0.717, 1.165) is 12.8 Å². The van der Waals surface area contributed by atoms with E-state index in [9.17, 15) is 9.59 Å². The maximum Gasteiger partial charge on any atom is 0.238 e. The van der Waals surface area contributed by atoms with Crippen molar-refractivity contribution in [1.29, 1.82) is 5.26 Å². The lowest BCUT2D eigenvalue weighted by Crippen LogP contribution is -2.19. The number of nitriles is 1. The molecule has 0 spiro atoms. The molecule has 0 bridgehead atoms. The summed E-state index contributed by atoms with van der Waals surface area (Å²) >= 11 is 0. The third-order valence-electron chi connectivity index (χ3n) is 3.91. The normalized spacial score (nSPS) is 14.9. The van der Waals surface area contributed by atoms with Crippen molar-refractivity contribution in [3.63, 3.8) is 0 Å². The highest BCUT2D eigenvalue weighted by Gasteiger charge is 2.17. The minimum atomic E-state index is -0.378. The van der Waals surface area contributed by atoms with Crippen molar-refractivity contribution in [2.45, 2.75) is 44.9 Å². The molecule has 0 aromatic heterocycles. The molecule has 1 aliphatic rings. The fourth-order valence-electron chi connectivity index (χ4n) is 2.82. The molecule has 1 aromatic carbocycles. The molecule has 1 aromatic rings. The molecular formula is C17H21N3O2. The average Bonchev–Trinajstić information content (AvgIpc) is 2.50. The molecular weight excluding hydrogens is 278 g/mol. The number of nitrogens with one attached hydrogen (secondary N) is 2. The molecule has 0 heterocycles. The van der Waals surface area contributed by atoms with Gasteiger partial charge in [-0.25, -0.2) is 0 Å². The standard InChI is InChI=1S/C17H21N3O2/c18-11-10-16(21)19-14-8-4-5-9-15(14)20-17(22)12-13-6-2-1-3-7-13/h4-5,8-9,13H,1-3,6-7,10,12H2,(H,19,21)(H,20,22). The molecule has 0 radical (unpaired) electrons. The number of carbonyl (C=O) groups excluding carboxylic acids is 2. The molecule has 2 rings (SSSR count). The van der Waals surface area contributed by atoms with Gasteiger partial charge in [-0.1, -0.05) is 31.4 Å². The van der Waals surface area contributed by atoms with E-state index in [1.54, 1.807) is 30.3 Å². The Morgan fingerprint density at radius 1 is 1.05 bits per heavy atom. The van der Waals surface area contributed by atoms with E-state index in [1.807, 2.05) is 0 Å². The van der Waals surface area contributed by atoms with Gasteiger partial charge in [0.1, 0.15) is 6.42 Å². The highest BCUT2D eigenvalue weighted by atomic mass is 16.2. The van der Waals surface area contributed by atoms with E-state index >= 15 is 0 Å². The second-order valence-electron chi connectivity index (χ2n) is 5.68. The van der Waals surface area contributed by atoms with Gasteiger partial charge < -0.3 is 10.6 Å². The van der Waals surface area contributed by atoms with Crippen LogP contribution in [-0.4, -0.2) is 11.8 Å². The number of nitrogens with zero attached hydrogens (tertiary/aromatic N) is 1. The van der Waals surface area contributed by atoms with Crippen LogP contribution in [0.2, 0.25) is 0 Å². The van der Waals surface area contributed by atoms with Crippen LogP contribution in [0.15, 0.2) is 24.3 Å². The van der Waals surface area contributed by atoms with Crippen molar-refractivity contribution in [3.8, 4) is 6.07 Å². The number of rotatable bonds is 5. The first kappa shape index (κ1) is 16.0. The van der Waals surface area contributed by atoms with Crippen molar-refractivity contribution in [2.75, 3.05) is 10.6 Å². The Hall–Kier alpha value is -2.35. The third kappa shape index (κ3) is 4.88. The van der Waals surface area contributed by atoms with Gasteiger partial charge in [-0.05, 0) is 30.9 Å². The number of para-hydroxylation sites is 2. The lowest BCUT2D eigenvalue weighted by Gasteiger charge is -2.21. The number of hydrogen-bond acceptors (Lipinski definition) is 3. The van der Waals surface area contributed by atoms with E-state index in [4.69, 9.17) is 5.26 Å². The summed E-state index contributed by atoms with van der Waals surface area (Å²) in [5, 5.41) is 14.0. The molecule has 0 atom stereocenters. The van der Waals surface area contributed by atoms with Gasteiger partial charge in [0.2, 0.25) is 11.8 Å². The zero-order valence-electron chi connectivity index (χ0n) is 12.6. The van der Waals surface area contributed by atoms with E-state index in [2.05, 4.69) is 10.6 Å². The summed E-state index contributed by atoms with van der Waals surface area (Å²) in [4.78, 5) is 23.7. The SMILES string of the molecule is N#CCC(=O)Nc1ccccc1NC(=O)CC1CCCCC1. The summed E-state index contributed by atoms with van der Waals surface area (Å²) in [5.74, 6) is 0.0689. The van der Waals surface area contributed by atoms with E-state index in [-0.39, 0.29) is 18.2 Å². The van der Waals surface area contributed by atoms with Crippen LogP contribution in [0, 0.1) is 17.2 Å². The summed E-state index contributed by atoms with van der Waals surface area (Å²) in [7, 11) is 0. The summed E-state index contributed by atoms with van der Waals surface area (Å²) in [6.45, 7) is 0. The van der Waals surface area contributed by atoms with Gasteiger partial charge in [-0.3, -0.25) is 9.59 Å². The minimum Gasteiger partial charge on any atom is -0.324 e. The largest absolute Gasteiger partial charge is 0.324 e. The molecule has 5 nitrogen and oxygen atoms in total. The molecule has 22 heavy (non-hydrogen) atoms. The van der Waals surface area contributed by atoms with Gasteiger partial charge in [-0.15, -0.1) is 0 Å². The Labute approximate surface area is 130 Å². The van der Waals surface area contributed by atoms with Crippen LogP contribution in [-0.2, 0) is 9.59 Å². The van der Waals surface area contributed by atoms with Crippen LogP contribution in [0.25, 0.3) is 0 Å². The fraction of sp³-hybridized carbons (Fsp3) is 0.471. The third-order valence-corrected chi connectivity index (χ3v) is 3.91. The van der Waals surface area contributed by atoms with Crippen LogP contribution in [0.4, 0.5) is 11.4 Å². The molecule has 0 aliphatic heterocycles. The van der Waals surface area contributed by atoms with Crippen molar-refractivity contribution in [3.05, 3.63) is 24.3 Å². The van der Waals surface area contributed by atoms with E-state index < -0.39 is 0 Å². The second kappa shape index (κ2) is 8.18. The predicted molar refractivity (Wildman–Crippen MR) is 85.1 cm³/mol. The zero-order chi connectivity index (χ0) is 15.8. The van der Waals surface area contributed by atoms with Gasteiger partial charge in [0.05, 0.1) is 17.4 Å². The summed E-state index contributed by atoms with van der Waals surface area (Å²) < 4.78 is 0. The summed E-state index contributed by atoms with van der Waals surface area (Å²) in [6.07, 6.45) is 6.25. The van der Waals surface area contributed by atoms with Crippen LogP contribution in [0.5, 0.6) is 0 Å². The quantitative estimate of drug-likeness (QED) is 0.873. The van der Waals surface area contributed by atoms with Crippen LogP contribution < -0.4 is 10.6 Å². The zero-order valence-corrected chi connectivity index (χ0v) is 12.6. The topological polar surface area (TPSA) is 82.0 Å². The Bertz CT molecular complexity index is 572. The molecule has 0 saturated heterocycles. The molecule has 2 amide bonds. The van der Waals surface area contributed by atoms with Crippen molar-refractivity contribution < 1.29 is 9.59 Å². The molecule has 116 valence electrons. The van der Waals surface area contributed by atoms with Crippen LogP contribution >= 0.6 is 0 Å². The number of benzene rings is 1. The molecule has 0 unspecified atom stereocenters. The number of carbonyl (C=O) groups is 2. The molecule has 1 saturated carbocycles. The Morgan fingerprint density at radius 2 is 1.64 bits per heavy atom. The van der Waals surface area contributed by atoms with Gasteiger partial charge in [0.25, 0.3) is 0 Å². The van der Waals surface area contributed by atoms with Gasteiger partial charge >= 0.3 is 0 Å². The second-order valence-corrected chi connectivity index (χ2v) is 5.68. The predicted octanol–water partition coefficient (Wildman–Crippen LogP) is 3.45. The lowest BCUT2D eigenvalue weighted by molar-refractivity contribution is -0.117. The average molecular weight is 299 g/mol. The summed E-state index contributed by atoms with van der Waals surface area (Å²) in [5.41, 5.74) is 1.11. The van der Waals surface area contributed by atoms with Crippen molar-refractivity contribution in [2.24, 2.45) is 5.92 Å². The smallest absolute Gasteiger partial charge is 0.238 e. The number of amides is 2. The van der Waals surface area contributed by atoms with Crippen LogP contribution in [0.1, 0.15) is 44.9 Å². The Morgan fingerprint density at radius 3 is 2.23 bits per heavy atom. The van der Waals surface area contributed by atoms with Crippen molar-refractivity contribution >= 4 is 23.2 Å². The molecule has 1 aliphatic carbocycles. The van der Waals surface area contributed by atoms with Crippen LogP contribution in [0.3, 0.4) is 0 Å².